The van der Waals surface area contributed by atoms with Crippen LogP contribution in [0.5, 0.6) is 0 Å². The van der Waals surface area contributed by atoms with Crippen LogP contribution in [0.25, 0.3) is 0 Å². The Morgan fingerprint density at radius 2 is 2.42 bits per heavy atom. The summed E-state index contributed by atoms with van der Waals surface area (Å²) in [6.07, 6.45) is 2.57. The van der Waals surface area contributed by atoms with Gasteiger partial charge < -0.3 is 9.47 Å². The highest BCUT2D eigenvalue weighted by Gasteiger charge is 2.34. The van der Waals surface area contributed by atoms with Crippen molar-refractivity contribution in [2.75, 3.05) is 33.5 Å². The molecule has 3 heteroatoms. The third-order valence-electron chi connectivity index (χ3n) is 2.93. The molecule has 2 aliphatic heterocycles. The van der Waals surface area contributed by atoms with Crippen LogP contribution in [0.1, 0.15) is 12.8 Å². The zero-order chi connectivity index (χ0) is 8.39. The number of hydrogen-bond donors (Lipinski definition) is 0. The fraction of sp³-hybridized carbons (Fsp3) is 1.00. The molecule has 2 atom stereocenters. The normalized spacial score (nSPS) is 36.8. The molecule has 2 fully saturated rings. The van der Waals surface area contributed by atoms with E-state index in [1.54, 1.807) is 7.11 Å². The lowest BCUT2D eigenvalue weighted by molar-refractivity contribution is -0.0156. The van der Waals surface area contributed by atoms with Crippen molar-refractivity contribution in [1.82, 2.24) is 4.90 Å². The highest BCUT2D eigenvalue weighted by Crippen LogP contribution is 2.26. The van der Waals surface area contributed by atoms with Crippen molar-refractivity contribution in [2.45, 2.75) is 24.9 Å². The summed E-state index contributed by atoms with van der Waals surface area (Å²) in [5.74, 6) is 0. The molecule has 0 N–H and O–H groups in total. The Bertz CT molecular complexity index is 151. The van der Waals surface area contributed by atoms with Crippen molar-refractivity contribution < 1.29 is 9.47 Å². The van der Waals surface area contributed by atoms with Crippen LogP contribution in [-0.4, -0.2) is 50.5 Å². The topological polar surface area (TPSA) is 21.7 Å². The molecular formula is C9H17NO2. The zero-order valence-corrected chi connectivity index (χ0v) is 7.66. The van der Waals surface area contributed by atoms with Gasteiger partial charge in [-0.15, -0.1) is 0 Å². The van der Waals surface area contributed by atoms with E-state index in [0.29, 0.717) is 12.1 Å². The molecule has 0 spiro atoms. The second-order valence-corrected chi connectivity index (χ2v) is 3.65. The monoisotopic (exact) mass is 171 g/mol. The van der Waals surface area contributed by atoms with Gasteiger partial charge in [0.05, 0.1) is 19.8 Å². The van der Waals surface area contributed by atoms with E-state index in [0.717, 1.165) is 26.4 Å². The fourth-order valence-corrected chi connectivity index (χ4v) is 2.32. The molecule has 0 saturated carbocycles. The smallest absolute Gasteiger partial charge is 0.0622 e. The number of methoxy groups -OCH3 is 1. The van der Waals surface area contributed by atoms with E-state index in [2.05, 4.69) is 4.90 Å². The van der Waals surface area contributed by atoms with Gasteiger partial charge in [0.15, 0.2) is 0 Å². The maximum atomic E-state index is 5.43. The van der Waals surface area contributed by atoms with Crippen molar-refractivity contribution in [2.24, 2.45) is 0 Å². The van der Waals surface area contributed by atoms with Crippen LogP contribution in [0, 0.1) is 0 Å². The molecule has 0 bridgehead atoms. The largest absolute Gasteiger partial charge is 0.383 e. The Kier molecular flexibility index (Phi) is 2.63. The minimum absolute atomic E-state index is 0.656. The summed E-state index contributed by atoms with van der Waals surface area (Å²) in [5.41, 5.74) is 0. The lowest BCUT2D eigenvalue weighted by Gasteiger charge is -2.33. The Balaban J connectivity index is 1.92. The predicted molar refractivity (Wildman–Crippen MR) is 46.2 cm³/mol. The van der Waals surface area contributed by atoms with Crippen LogP contribution in [0.4, 0.5) is 0 Å². The summed E-state index contributed by atoms with van der Waals surface area (Å²) < 4.78 is 10.6. The maximum absolute atomic E-state index is 5.43. The molecule has 2 unspecified atom stereocenters. The van der Waals surface area contributed by atoms with Crippen LogP contribution < -0.4 is 0 Å². The molecule has 2 rings (SSSR count). The van der Waals surface area contributed by atoms with Gasteiger partial charge in [0, 0.05) is 25.7 Å². The summed E-state index contributed by atoms with van der Waals surface area (Å²) in [7, 11) is 1.79. The van der Waals surface area contributed by atoms with Crippen molar-refractivity contribution in [3.05, 3.63) is 0 Å². The number of fused-ring (bicyclic) bond motifs is 1. The summed E-state index contributed by atoms with van der Waals surface area (Å²) in [6, 6.07) is 1.34. The number of hydrogen-bond acceptors (Lipinski definition) is 3. The lowest BCUT2D eigenvalue weighted by atomic mass is 10.2. The van der Waals surface area contributed by atoms with Gasteiger partial charge >= 0.3 is 0 Å². The first-order valence-corrected chi connectivity index (χ1v) is 4.74. The van der Waals surface area contributed by atoms with Gasteiger partial charge in [0.25, 0.3) is 0 Å². The van der Waals surface area contributed by atoms with E-state index in [1.165, 1.54) is 12.8 Å². The van der Waals surface area contributed by atoms with Crippen LogP contribution in [0.15, 0.2) is 0 Å². The second-order valence-electron chi connectivity index (χ2n) is 3.65. The Morgan fingerprint density at radius 3 is 3.25 bits per heavy atom. The summed E-state index contributed by atoms with van der Waals surface area (Å²) in [5, 5.41) is 0. The SMILES string of the molecule is COCC1CCC2COCCN12. The number of nitrogens with zero attached hydrogens (tertiary/aromatic N) is 1. The molecule has 2 heterocycles. The van der Waals surface area contributed by atoms with Gasteiger partial charge in [-0.25, -0.2) is 0 Å². The molecule has 0 aromatic heterocycles. The molecule has 2 saturated heterocycles. The molecule has 3 nitrogen and oxygen atoms in total. The van der Waals surface area contributed by atoms with Gasteiger partial charge in [-0.2, -0.15) is 0 Å². The van der Waals surface area contributed by atoms with Crippen molar-refractivity contribution in [1.29, 1.82) is 0 Å². The van der Waals surface area contributed by atoms with E-state index in [9.17, 15) is 0 Å². The van der Waals surface area contributed by atoms with Crippen LogP contribution in [-0.2, 0) is 9.47 Å². The van der Waals surface area contributed by atoms with Gasteiger partial charge in [-0.05, 0) is 12.8 Å². The van der Waals surface area contributed by atoms with Gasteiger partial charge in [0.2, 0.25) is 0 Å². The molecule has 12 heavy (non-hydrogen) atoms. The quantitative estimate of drug-likeness (QED) is 0.604. The summed E-state index contributed by atoms with van der Waals surface area (Å²) in [4.78, 5) is 2.55. The molecule has 0 amide bonds. The van der Waals surface area contributed by atoms with E-state index in [4.69, 9.17) is 9.47 Å². The van der Waals surface area contributed by atoms with Crippen LogP contribution in [0.2, 0.25) is 0 Å². The third kappa shape index (κ3) is 1.49. The number of ether oxygens (including phenoxy) is 2. The van der Waals surface area contributed by atoms with Gasteiger partial charge in [-0.3, -0.25) is 4.90 Å². The predicted octanol–water partition coefficient (Wildman–Crippen LogP) is 0.496. The molecule has 2 aliphatic rings. The molecular weight excluding hydrogens is 154 g/mol. The molecule has 0 radical (unpaired) electrons. The zero-order valence-electron chi connectivity index (χ0n) is 7.66. The first kappa shape index (κ1) is 8.48. The fourth-order valence-electron chi connectivity index (χ4n) is 2.32. The van der Waals surface area contributed by atoms with Gasteiger partial charge in [-0.1, -0.05) is 0 Å². The lowest BCUT2D eigenvalue weighted by Crippen LogP contribution is -2.46. The Hall–Kier alpha value is -0.120. The average Bonchev–Trinajstić information content (AvgIpc) is 2.50. The second kappa shape index (κ2) is 3.73. The van der Waals surface area contributed by atoms with E-state index >= 15 is 0 Å². The maximum Gasteiger partial charge on any atom is 0.0622 e. The third-order valence-corrected chi connectivity index (χ3v) is 2.93. The van der Waals surface area contributed by atoms with E-state index in [1.807, 2.05) is 0 Å². The van der Waals surface area contributed by atoms with Gasteiger partial charge in [0.1, 0.15) is 0 Å². The van der Waals surface area contributed by atoms with E-state index < -0.39 is 0 Å². The minimum atomic E-state index is 0.656. The minimum Gasteiger partial charge on any atom is -0.383 e. The van der Waals surface area contributed by atoms with E-state index in [-0.39, 0.29) is 0 Å². The first-order chi connectivity index (χ1) is 5.92. The average molecular weight is 171 g/mol. The Labute approximate surface area is 73.6 Å². The first-order valence-electron chi connectivity index (χ1n) is 4.74. The number of morpholine rings is 1. The highest BCUT2D eigenvalue weighted by atomic mass is 16.5. The molecule has 0 aromatic carbocycles. The number of rotatable bonds is 2. The Morgan fingerprint density at radius 1 is 1.50 bits per heavy atom. The van der Waals surface area contributed by atoms with Crippen molar-refractivity contribution >= 4 is 0 Å². The summed E-state index contributed by atoms with van der Waals surface area (Å²) in [6.45, 7) is 3.81. The molecule has 0 aliphatic carbocycles. The summed E-state index contributed by atoms with van der Waals surface area (Å²) >= 11 is 0. The highest BCUT2D eigenvalue weighted by molar-refractivity contribution is 4.89. The van der Waals surface area contributed by atoms with Crippen molar-refractivity contribution in [3.63, 3.8) is 0 Å². The van der Waals surface area contributed by atoms with Crippen LogP contribution in [0.3, 0.4) is 0 Å². The molecule has 70 valence electrons. The van der Waals surface area contributed by atoms with Crippen molar-refractivity contribution in [3.8, 4) is 0 Å². The standard InChI is InChI=1S/C9H17NO2/c1-11-6-8-2-3-9-7-12-5-4-10(8)9/h8-9H,2-7H2,1H3. The molecule has 0 aromatic rings. The van der Waals surface area contributed by atoms with Crippen LogP contribution >= 0.6 is 0 Å².